The number of carbonyl (C=O) groups excluding carboxylic acids is 2. The first-order valence-electron chi connectivity index (χ1n) is 5.66. The zero-order chi connectivity index (χ0) is 12.0. The molecule has 0 N–H and O–H groups in total. The van der Waals surface area contributed by atoms with Gasteiger partial charge in [0.05, 0.1) is 11.0 Å². The van der Waals surface area contributed by atoms with E-state index in [0.717, 1.165) is 24.6 Å². The lowest BCUT2D eigenvalue weighted by molar-refractivity contribution is 0.0967. The molecule has 1 heterocycles. The predicted molar refractivity (Wildman–Crippen MR) is 63.2 cm³/mol. The summed E-state index contributed by atoms with van der Waals surface area (Å²) in [7, 11) is 1.79. The molecule has 86 valence electrons. The highest BCUT2D eigenvalue weighted by Gasteiger charge is 2.30. The number of fused-ring (bicyclic) bond motifs is 1. The van der Waals surface area contributed by atoms with Gasteiger partial charge in [-0.05, 0) is 31.0 Å². The molecule has 1 saturated carbocycles. The highest BCUT2D eigenvalue weighted by atomic mass is 16.1. The number of rotatable bonds is 3. The van der Waals surface area contributed by atoms with Crippen LogP contribution >= 0.6 is 0 Å². The molecule has 2 aromatic rings. The summed E-state index contributed by atoms with van der Waals surface area (Å²) in [6.07, 6.45) is 2.72. The zero-order valence-corrected chi connectivity index (χ0v) is 9.51. The van der Waals surface area contributed by atoms with Crippen LogP contribution in [0.15, 0.2) is 18.2 Å². The van der Waals surface area contributed by atoms with E-state index in [4.69, 9.17) is 0 Å². The smallest absolute Gasteiger partial charge is 0.185 e. The molecule has 1 aliphatic carbocycles. The van der Waals surface area contributed by atoms with Gasteiger partial charge in [-0.25, -0.2) is 4.98 Å². The van der Waals surface area contributed by atoms with E-state index in [1.807, 2.05) is 12.1 Å². The molecular weight excluding hydrogens is 216 g/mol. The van der Waals surface area contributed by atoms with E-state index in [1.54, 1.807) is 17.7 Å². The second-order valence-electron chi connectivity index (χ2n) is 4.49. The minimum atomic E-state index is 0.199. The monoisotopic (exact) mass is 228 g/mol. The van der Waals surface area contributed by atoms with Crippen molar-refractivity contribution in [1.29, 1.82) is 0 Å². The van der Waals surface area contributed by atoms with Gasteiger partial charge in [-0.15, -0.1) is 0 Å². The summed E-state index contributed by atoms with van der Waals surface area (Å²) in [6.45, 7) is 0. The van der Waals surface area contributed by atoms with Crippen molar-refractivity contribution in [2.45, 2.75) is 12.8 Å². The third kappa shape index (κ3) is 1.56. The number of aldehydes is 1. The molecule has 0 bridgehead atoms. The maximum atomic E-state index is 11.9. The Labute approximate surface area is 98.3 Å². The van der Waals surface area contributed by atoms with Crippen molar-refractivity contribution in [3.05, 3.63) is 29.6 Å². The standard InChI is InChI=1S/C13H12N2O2/c1-15-11-5-4-9(13(17)8-2-3-8)6-10(11)14-12(15)7-16/h4-8H,2-3H2,1H3. The number of carbonyl (C=O) groups is 2. The minimum absolute atomic E-state index is 0.199. The Hall–Kier alpha value is -1.97. The van der Waals surface area contributed by atoms with Crippen LogP contribution in [0.1, 0.15) is 33.8 Å². The van der Waals surface area contributed by atoms with Crippen molar-refractivity contribution in [3.8, 4) is 0 Å². The molecule has 0 amide bonds. The lowest BCUT2D eigenvalue weighted by Gasteiger charge is -1.99. The molecule has 1 aromatic heterocycles. The van der Waals surface area contributed by atoms with E-state index in [9.17, 15) is 9.59 Å². The van der Waals surface area contributed by atoms with Gasteiger partial charge in [0.25, 0.3) is 0 Å². The number of aryl methyl sites for hydroxylation is 1. The third-order valence-corrected chi connectivity index (χ3v) is 3.25. The maximum Gasteiger partial charge on any atom is 0.185 e. The van der Waals surface area contributed by atoms with Gasteiger partial charge in [-0.2, -0.15) is 0 Å². The second-order valence-corrected chi connectivity index (χ2v) is 4.49. The minimum Gasteiger partial charge on any atom is -0.325 e. The second kappa shape index (κ2) is 3.52. The number of benzene rings is 1. The van der Waals surface area contributed by atoms with Crippen LogP contribution in [0.2, 0.25) is 0 Å². The third-order valence-electron chi connectivity index (χ3n) is 3.25. The lowest BCUT2D eigenvalue weighted by Crippen LogP contribution is -2.00. The molecule has 1 aromatic carbocycles. The van der Waals surface area contributed by atoms with Crippen LogP contribution in [-0.4, -0.2) is 21.6 Å². The Morgan fingerprint density at radius 2 is 2.24 bits per heavy atom. The molecule has 0 unspecified atom stereocenters. The fourth-order valence-corrected chi connectivity index (χ4v) is 2.06. The van der Waals surface area contributed by atoms with E-state index in [1.165, 1.54) is 0 Å². The number of imidazole rings is 1. The number of nitrogens with zero attached hydrogens (tertiary/aromatic N) is 2. The van der Waals surface area contributed by atoms with Crippen molar-refractivity contribution < 1.29 is 9.59 Å². The average molecular weight is 228 g/mol. The largest absolute Gasteiger partial charge is 0.325 e. The fraction of sp³-hybridized carbons (Fsp3) is 0.308. The van der Waals surface area contributed by atoms with Crippen LogP contribution in [0.25, 0.3) is 11.0 Å². The van der Waals surface area contributed by atoms with Crippen molar-refractivity contribution in [3.63, 3.8) is 0 Å². The summed E-state index contributed by atoms with van der Waals surface area (Å²) in [5.74, 6) is 0.794. The Balaban J connectivity index is 2.12. The summed E-state index contributed by atoms with van der Waals surface area (Å²) in [6, 6.07) is 5.45. The number of hydrogen-bond donors (Lipinski definition) is 0. The number of ketones is 1. The molecule has 4 heteroatoms. The van der Waals surface area contributed by atoms with Crippen LogP contribution < -0.4 is 0 Å². The number of aromatic nitrogens is 2. The Morgan fingerprint density at radius 3 is 2.88 bits per heavy atom. The molecule has 3 rings (SSSR count). The Morgan fingerprint density at radius 1 is 1.47 bits per heavy atom. The molecule has 0 aliphatic heterocycles. The Kier molecular flexibility index (Phi) is 2.11. The van der Waals surface area contributed by atoms with Gasteiger partial charge in [0, 0.05) is 18.5 Å². The predicted octanol–water partition coefficient (Wildman–Crippen LogP) is 1.98. The first-order chi connectivity index (χ1) is 8.20. The van der Waals surface area contributed by atoms with Crippen LogP contribution in [-0.2, 0) is 7.05 Å². The molecule has 1 aliphatic rings. The van der Waals surface area contributed by atoms with E-state index in [-0.39, 0.29) is 11.7 Å². The summed E-state index contributed by atoms with van der Waals surface area (Å²) in [5.41, 5.74) is 2.29. The van der Waals surface area contributed by atoms with Crippen molar-refractivity contribution in [2.75, 3.05) is 0 Å². The first-order valence-corrected chi connectivity index (χ1v) is 5.66. The highest BCUT2D eigenvalue weighted by Crippen LogP contribution is 2.33. The van der Waals surface area contributed by atoms with Crippen LogP contribution in [0.3, 0.4) is 0 Å². The fourth-order valence-electron chi connectivity index (χ4n) is 2.06. The maximum absolute atomic E-state index is 11.9. The van der Waals surface area contributed by atoms with Gasteiger partial charge in [0.2, 0.25) is 0 Å². The van der Waals surface area contributed by atoms with Crippen LogP contribution in [0, 0.1) is 5.92 Å². The first kappa shape index (κ1) is 10.2. The van der Waals surface area contributed by atoms with Gasteiger partial charge in [-0.3, -0.25) is 9.59 Å². The topological polar surface area (TPSA) is 52.0 Å². The summed E-state index contributed by atoms with van der Waals surface area (Å²) >= 11 is 0. The van der Waals surface area contributed by atoms with Gasteiger partial charge < -0.3 is 4.57 Å². The van der Waals surface area contributed by atoms with Crippen molar-refractivity contribution >= 4 is 23.1 Å². The Bertz CT molecular complexity index is 624. The van der Waals surface area contributed by atoms with Crippen molar-refractivity contribution in [2.24, 2.45) is 13.0 Å². The van der Waals surface area contributed by atoms with Crippen LogP contribution in [0.4, 0.5) is 0 Å². The zero-order valence-electron chi connectivity index (χ0n) is 9.51. The summed E-state index contributed by atoms with van der Waals surface area (Å²) in [4.78, 5) is 26.9. The normalized spacial score (nSPS) is 15.1. The SMILES string of the molecule is Cn1c(C=O)nc2cc(C(=O)C3CC3)ccc21. The molecule has 0 atom stereocenters. The van der Waals surface area contributed by atoms with Gasteiger partial charge in [-0.1, -0.05) is 0 Å². The summed E-state index contributed by atoms with van der Waals surface area (Å²) < 4.78 is 1.73. The van der Waals surface area contributed by atoms with E-state index < -0.39 is 0 Å². The molecule has 0 spiro atoms. The van der Waals surface area contributed by atoms with E-state index >= 15 is 0 Å². The summed E-state index contributed by atoms with van der Waals surface area (Å²) in [5, 5.41) is 0. The molecule has 17 heavy (non-hydrogen) atoms. The van der Waals surface area contributed by atoms with E-state index in [2.05, 4.69) is 4.98 Å². The van der Waals surface area contributed by atoms with Crippen molar-refractivity contribution in [1.82, 2.24) is 9.55 Å². The average Bonchev–Trinajstić information content (AvgIpc) is 3.14. The highest BCUT2D eigenvalue weighted by molar-refractivity contribution is 6.01. The number of Topliss-reactive ketones (excluding diaryl/α,β-unsaturated/α-hetero) is 1. The lowest BCUT2D eigenvalue weighted by atomic mass is 10.1. The number of hydrogen-bond acceptors (Lipinski definition) is 3. The molecule has 1 fully saturated rings. The van der Waals surface area contributed by atoms with Crippen LogP contribution in [0.5, 0.6) is 0 Å². The quantitative estimate of drug-likeness (QED) is 0.596. The van der Waals surface area contributed by atoms with Gasteiger partial charge in [0.15, 0.2) is 17.9 Å². The molecular formula is C13H12N2O2. The molecule has 0 radical (unpaired) electrons. The molecule has 0 saturated heterocycles. The van der Waals surface area contributed by atoms with E-state index in [0.29, 0.717) is 16.9 Å². The van der Waals surface area contributed by atoms with Gasteiger partial charge in [0.1, 0.15) is 0 Å². The molecule has 4 nitrogen and oxygen atoms in total. The van der Waals surface area contributed by atoms with Gasteiger partial charge >= 0.3 is 0 Å².